The van der Waals surface area contributed by atoms with Crippen molar-refractivity contribution in [1.82, 2.24) is 14.9 Å². The predicted molar refractivity (Wildman–Crippen MR) is 77.6 cm³/mol. The van der Waals surface area contributed by atoms with Crippen molar-refractivity contribution in [3.8, 4) is 0 Å². The lowest BCUT2D eigenvalue weighted by atomic mass is 10.2. The lowest BCUT2D eigenvalue weighted by Gasteiger charge is -2.32. The summed E-state index contributed by atoms with van der Waals surface area (Å²) in [7, 11) is 1.73. The molecule has 1 N–H and O–H groups in total. The summed E-state index contributed by atoms with van der Waals surface area (Å²) in [4.78, 5) is 10.2. The molecule has 1 atom stereocenters. The minimum absolute atomic E-state index is 0.276. The predicted octanol–water partition coefficient (Wildman–Crippen LogP) is 1.80. The highest BCUT2D eigenvalue weighted by Gasteiger charge is 2.20. The van der Waals surface area contributed by atoms with E-state index in [9.17, 15) is 0 Å². The van der Waals surface area contributed by atoms with Crippen LogP contribution >= 0.6 is 0 Å². The Hall–Kier alpha value is -1.43. The van der Waals surface area contributed by atoms with Crippen LogP contribution in [0.25, 0.3) is 11.0 Å². The number of H-pyrrole nitrogens is 1. The van der Waals surface area contributed by atoms with Crippen molar-refractivity contribution in [2.75, 3.05) is 33.4 Å². The minimum atomic E-state index is 0.276. The quantitative estimate of drug-likeness (QED) is 0.904. The molecule has 5 heteroatoms. The molecule has 0 bridgehead atoms. The molecule has 0 spiro atoms. The Balaban J connectivity index is 1.61. The maximum Gasteiger partial charge on any atom is 0.137 e. The first-order chi connectivity index (χ1) is 9.85. The van der Waals surface area contributed by atoms with Gasteiger partial charge in [0.05, 0.1) is 18.4 Å². The second-order valence-electron chi connectivity index (χ2n) is 5.23. The van der Waals surface area contributed by atoms with Crippen LogP contribution in [0, 0.1) is 0 Å². The van der Waals surface area contributed by atoms with Crippen LogP contribution in [0.3, 0.4) is 0 Å². The van der Waals surface area contributed by atoms with E-state index < -0.39 is 0 Å². The molecule has 3 rings (SSSR count). The molecule has 3 heterocycles. The summed E-state index contributed by atoms with van der Waals surface area (Å²) in [5.41, 5.74) is 2.07. The van der Waals surface area contributed by atoms with Gasteiger partial charge >= 0.3 is 0 Å². The second-order valence-corrected chi connectivity index (χ2v) is 5.23. The maximum atomic E-state index is 5.76. The number of aromatic amines is 1. The van der Waals surface area contributed by atoms with E-state index in [0.717, 1.165) is 56.0 Å². The molecule has 1 saturated heterocycles. The first kappa shape index (κ1) is 13.5. The van der Waals surface area contributed by atoms with E-state index in [4.69, 9.17) is 9.47 Å². The van der Waals surface area contributed by atoms with E-state index in [0.29, 0.717) is 0 Å². The van der Waals surface area contributed by atoms with Gasteiger partial charge in [0, 0.05) is 44.9 Å². The summed E-state index contributed by atoms with van der Waals surface area (Å²) in [5, 5.41) is 1.16. The number of nitrogens with one attached hydrogen (secondary N) is 1. The molecule has 0 aliphatic carbocycles. The normalized spacial score (nSPS) is 20.6. The van der Waals surface area contributed by atoms with Crippen molar-refractivity contribution < 1.29 is 9.47 Å². The zero-order valence-corrected chi connectivity index (χ0v) is 11.8. The van der Waals surface area contributed by atoms with Gasteiger partial charge in [-0.05, 0) is 24.6 Å². The molecule has 1 aliphatic heterocycles. The van der Waals surface area contributed by atoms with Gasteiger partial charge < -0.3 is 14.5 Å². The van der Waals surface area contributed by atoms with Gasteiger partial charge in [0.25, 0.3) is 0 Å². The Morgan fingerprint density at radius 3 is 3.30 bits per heavy atom. The highest BCUT2D eigenvalue weighted by molar-refractivity contribution is 5.75. The molecule has 0 amide bonds. The van der Waals surface area contributed by atoms with Crippen LogP contribution in [0.1, 0.15) is 12.1 Å². The highest BCUT2D eigenvalue weighted by Crippen LogP contribution is 2.14. The van der Waals surface area contributed by atoms with Crippen LogP contribution in [-0.2, 0) is 16.0 Å². The number of hydrogen-bond donors (Lipinski definition) is 1. The molecule has 5 nitrogen and oxygen atoms in total. The van der Waals surface area contributed by atoms with Gasteiger partial charge in [-0.25, -0.2) is 4.98 Å². The topological polar surface area (TPSA) is 50.4 Å². The van der Waals surface area contributed by atoms with Gasteiger partial charge in [0.15, 0.2) is 0 Å². The summed E-state index contributed by atoms with van der Waals surface area (Å²) in [6.45, 7) is 4.34. The van der Waals surface area contributed by atoms with E-state index in [1.165, 1.54) is 0 Å². The molecule has 108 valence electrons. The van der Waals surface area contributed by atoms with Crippen LogP contribution in [0.15, 0.2) is 24.4 Å². The average Bonchev–Trinajstić information content (AvgIpc) is 2.93. The molecule has 1 aliphatic rings. The first-order valence-electron chi connectivity index (χ1n) is 7.11. The SMILES string of the molecule is COCC[C@@H]1CN(Cc2ccc3cc[nH]c3n2)CCO1. The Labute approximate surface area is 118 Å². The van der Waals surface area contributed by atoms with Crippen molar-refractivity contribution in [1.29, 1.82) is 0 Å². The monoisotopic (exact) mass is 275 g/mol. The average molecular weight is 275 g/mol. The van der Waals surface area contributed by atoms with Gasteiger partial charge in [-0.3, -0.25) is 4.90 Å². The molecular formula is C15H21N3O2. The van der Waals surface area contributed by atoms with Crippen molar-refractivity contribution in [2.24, 2.45) is 0 Å². The fraction of sp³-hybridized carbons (Fsp3) is 0.533. The number of pyridine rings is 1. The van der Waals surface area contributed by atoms with E-state index in [1.54, 1.807) is 7.11 Å². The summed E-state index contributed by atoms with van der Waals surface area (Å²) < 4.78 is 10.9. The Morgan fingerprint density at radius 2 is 2.40 bits per heavy atom. The minimum Gasteiger partial charge on any atom is -0.385 e. The number of rotatable bonds is 5. The zero-order valence-electron chi connectivity index (χ0n) is 11.8. The number of hydrogen-bond acceptors (Lipinski definition) is 4. The van der Waals surface area contributed by atoms with E-state index in [-0.39, 0.29) is 6.10 Å². The van der Waals surface area contributed by atoms with E-state index >= 15 is 0 Å². The largest absolute Gasteiger partial charge is 0.385 e. The van der Waals surface area contributed by atoms with Crippen molar-refractivity contribution in [3.63, 3.8) is 0 Å². The number of ether oxygens (including phenoxy) is 2. The molecule has 2 aromatic heterocycles. The number of aromatic nitrogens is 2. The summed E-state index contributed by atoms with van der Waals surface area (Å²) in [6.07, 6.45) is 3.16. The summed E-state index contributed by atoms with van der Waals surface area (Å²) in [5.74, 6) is 0. The van der Waals surface area contributed by atoms with E-state index in [2.05, 4.69) is 27.0 Å². The van der Waals surface area contributed by atoms with E-state index in [1.807, 2.05) is 12.3 Å². The van der Waals surface area contributed by atoms with Crippen LogP contribution in [0.5, 0.6) is 0 Å². The number of nitrogens with zero attached hydrogens (tertiary/aromatic N) is 2. The van der Waals surface area contributed by atoms with Crippen LogP contribution in [0.4, 0.5) is 0 Å². The standard InChI is InChI=1S/C15H21N3O2/c1-19-8-5-14-11-18(7-9-20-14)10-13-3-2-12-4-6-16-15(12)17-13/h2-4,6,14H,5,7-11H2,1H3,(H,16,17)/t14-/m1/s1. The van der Waals surface area contributed by atoms with Crippen molar-refractivity contribution >= 4 is 11.0 Å². The van der Waals surface area contributed by atoms with Crippen LogP contribution in [0.2, 0.25) is 0 Å². The first-order valence-corrected chi connectivity index (χ1v) is 7.11. The Morgan fingerprint density at radius 1 is 1.45 bits per heavy atom. The summed E-state index contributed by atoms with van der Waals surface area (Å²) >= 11 is 0. The molecule has 1 fully saturated rings. The molecule has 0 aromatic carbocycles. The van der Waals surface area contributed by atoms with Gasteiger partial charge in [0.2, 0.25) is 0 Å². The third-order valence-electron chi connectivity index (χ3n) is 3.72. The number of methoxy groups -OCH3 is 1. The molecule has 2 aromatic rings. The number of morpholine rings is 1. The smallest absolute Gasteiger partial charge is 0.137 e. The van der Waals surface area contributed by atoms with Crippen molar-refractivity contribution in [3.05, 3.63) is 30.1 Å². The third-order valence-corrected chi connectivity index (χ3v) is 3.72. The Kier molecular flexibility index (Phi) is 4.30. The lowest BCUT2D eigenvalue weighted by molar-refractivity contribution is -0.0435. The fourth-order valence-electron chi connectivity index (χ4n) is 2.64. The lowest BCUT2D eigenvalue weighted by Crippen LogP contribution is -2.42. The number of fused-ring (bicyclic) bond motifs is 1. The van der Waals surface area contributed by atoms with Gasteiger partial charge in [-0.2, -0.15) is 0 Å². The van der Waals surface area contributed by atoms with Crippen LogP contribution < -0.4 is 0 Å². The van der Waals surface area contributed by atoms with Crippen molar-refractivity contribution in [2.45, 2.75) is 19.1 Å². The van der Waals surface area contributed by atoms with Gasteiger partial charge in [0.1, 0.15) is 5.65 Å². The second kappa shape index (κ2) is 6.35. The zero-order chi connectivity index (χ0) is 13.8. The summed E-state index contributed by atoms with van der Waals surface area (Å²) in [6, 6.07) is 6.27. The molecule has 0 saturated carbocycles. The van der Waals surface area contributed by atoms with Gasteiger partial charge in [-0.1, -0.05) is 0 Å². The Bertz CT molecular complexity index is 555. The molecule has 0 radical (unpaired) electrons. The van der Waals surface area contributed by atoms with Gasteiger partial charge in [-0.15, -0.1) is 0 Å². The highest BCUT2D eigenvalue weighted by atomic mass is 16.5. The maximum absolute atomic E-state index is 5.76. The third kappa shape index (κ3) is 3.17. The molecular weight excluding hydrogens is 254 g/mol. The molecule has 0 unspecified atom stereocenters. The molecule has 20 heavy (non-hydrogen) atoms. The van der Waals surface area contributed by atoms with Crippen LogP contribution in [-0.4, -0.2) is 54.4 Å². The fourth-order valence-corrected chi connectivity index (χ4v) is 2.64.